The molecule has 32 heavy (non-hydrogen) atoms. The number of nitrogens with one attached hydrogen (secondary N) is 1. The molecule has 1 fully saturated rings. The second kappa shape index (κ2) is 9.13. The number of ether oxygens (including phenoxy) is 2. The minimum Gasteiger partial charge on any atom is -0.490 e. The van der Waals surface area contributed by atoms with Crippen LogP contribution in [0.2, 0.25) is 0 Å². The van der Waals surface area contributed by atoms with Crippen molar-refractivity contribution in [1.29, 1.82) is 0 Å². The number of anilines is 1. The van der Waals surface area contributed by atoms with Crippen LogP contribution in [0.4, 0.5) is 14.6 Å². The Bertz CT molecular complexity index is 982. The van der Waals surface area contributed by atoms with Crippen LogP contribution in [0.5, 0.6) is 5.75 Å². The average molecular weight is 448 g/mol. The molecule has 1 amide bonds. The van der Waals surface area contributed by atoms with Crippen LogP contribution in [0, 0.1) is 6.92 Å². The van der Waals surface area contributed by atoms with Crippen molar-refractivity contribution in [2.24, 2.45) is 0 Å². The molecule has 0 unspecified atom stereocenters. The van der Waals surface area contributed by atoms with Crippen LogP contribution in [0.3, 0.4) is 0 Å². The smallest absolute Gasteiger partial charge is 0.312 e. The largest absolute Gasteiger partial charge is 0.490 e. The first-order valence-corrected chi connectivity index (χ1v) is 10.2. The van der Waals surface area contributed by atoms with Crippen LogP contribution in [0.15, 0.2) is 24.3 Å². The summed E-state index contributed by atoms with van der Waals surface area (Å²) in [5.74, 6) is -2.83. The first-order chi connectivity index (χ1) is 14.9. The lowest BCUT2D eigenvalue weighted by Gasteiger charge is -2.34. The molecule has 0 spiro atoms. The van der Waals surface area contributed by atoms with E-state index in [2.05, 4.69) is 20.5 Å². The highest BCUT2D eigenvalue weighted by molar-refractivity contribution is 5.91. The van der Waals surface area contributed by atoms with Crippen molar-refractivity contribution in [2.45, 2.75) is 71.0 Å². The zero-order valence-electron chi connectivity index (χ0n) is 18.4. The van der Waals surface area contributed by atoms with Gasteiger partial charge in [0.15, 0.2) is 5.82 Å². The fourth-order valence-corrected chi connectivity index (χ4v) is 3.14. The quantitative estimate of drug-likeness (QED) is 0.648. The number of esters is 1. The standard InChI is InChI=1S/C22H26F2N4O4/c1-13-7-16(31-17-11-22(23,24)12-17)8-15(25-13)9-19(29)26-18-6-5-14(27-28-18)10-20(30)32-21(2,3)4/h5-8,17H,9-12H2,1-4H3,(H,26,28,29). The molecule has 0 aliphatic heterocycles. The van der Waals surface area contributed by atoms with Gasteiger partial charge < -0.3 is 14.8 Å². The molecule has 1 aliphatic carbocycles. The van der Waals surface area contributed by atoms with Gasteiger partial charge in [0, 0.05) is 30.7 Å². The first kappa shape index (κ1) is 23.5. The molecule has 8 nitrogen and oxygen atoms in total. The van der Waals surface area contributed by atoms with E-state index in [9.17, 15) is 18.4 Å². The zero-order valence-corrected chi connectivity index (χ0v) is 18.4. The van der Waals surface area contributed by atoms with Gasteiger partial charge in [-0.15, -0.1) is 5.10 Å². The van der Waals surface area contributed by atoms with Gasteiger partial charge in [-0.2, -0.15) is 5.10 Å². The van der Waals surface area contributed by atoms with Gasteiger partial charge in [-0.25, -0.2) is 8.78 Å². The fourth-order valence-electron chi connectivity index (χ4n) is 3.14. The number of halogens is 2. The van der Waals surface area contributed by atoms with E-state index in [1.807, 2.05) is 0 Å². The first-order valence-electron chi connectivity index (χ1n) is 10.2. The third-order valence-corrected chi connectivity index (χ3v) is 4.41. The van der Waals surface area contributed by atoms with E-state index in [0.717, 1.165) is 0 Å². The predicted molar refractivity (Wildman–Crippen MR) is 111 cm³/mol. The predicted octanol–water partition coefficient (Wildman–Crippen LogP) is 3.42. The van der Waals surface area contributed by atoms with Gasteiger partial charge in [-0.1, -0.05) is 0 Å². The molecule has 1 N–H and O–H groups in total. The second-order valence-corrected chi connectivity index (χ2v) is 8.84. The van der Waals surface area contributed by atoms with Gasteiger partial charge in [0.2, 0.25) is 5.91 Å². The number of aryl methyl sites for hydroxylation is 1. The minimum absolute atomic E-state index is 0.0264. The Morgan fingerprint density at radius 1 is 1.12 bits per heavy atom. The van der Waals surface area contributed by atoms with Gasteiger partial charge in [-0.05, 0) is 39.8 Å². The number of pyridine rings is 1. The Morgan fingerprint density at radius 2 is 1.84 bits per heavy atom. The summed E-state index contributed by atoms with van der Waals surface area (Å²) in [4.78, 5) is 28.5. The molecular weight excluding hydrogens is 422 g/mol. The highest BCUT2D eigenvalue weighted by Gasteiger charge is 2.47. The monoisotopic (exact) mass is 448 g/mol. The van der Waals surface area contributed by atoms with Crippen LogP contribution in [-0.2, 0) is 27.2 Å². The number of hydrogen-bond acceptors (Lipinski definition) is 7. The molecule has 3 rings (SSSR count). The maximum Gasteiger partial charge on any atom is 0.312 e. The van der Waals surface area contributed by atoms with Crippen molar-refractivity contribution in [1.82, 2.24) is 15.2 Å². The number of carbonyl (C=O) groups excluding carboxylic acids is 2. The summed E-state index contributed by atoms with van der Waals surface area (Å²) in [5, 5.41) is 10.5. The summed E-state index contributed by atoms with van der Waals surface area (Å²) in [6.45, 7) is 7.07. The van der Waals surface area contributed by atoms with E-state index in [1.165, 1.54) is 0 Å². The van der Waals surface area contributed by atoms with Crippen molar-refractivity contribution >= 4 is 17.7 Å². The number of rotatable bonds is 7. The summed E-state index contributed by atoms with van der Waals surface area (Å²) < 4.78 is 36.8. The van der Waals surface area contributed by atoms with Crippen LogP contribution >= 0.6 is 0 Å². The minimum atomic E-state index is -2.67. The number of amides is 1. The summed E-state index contributed by atoms with van der Waals surface area (Å²) in [5.41, 5.74) is 0.887. The van der Waals surface area contributed by atoms with Crippen molar-refractivity contribution in [3.63, 3.8) is 0 Å². The van der Waals surface area contributed by atoms with E-state index in [0.29, 0.717) is 22.8 Å². The number of hydrogen-bond donors (Lipinski definition) is 1. The van der Waals surface area contributed by atoms with E-state index >= 15 is 0 Å². The molecule has 2 heterocycles. The van der Waals surface area contributed by atoms with Crippen LogP contribution in [0.1, 0.15) is 50.7 Å². The van der Waals surface area contributed by atoms with Crippen molar-refractivity contribution in [3.05, 3.63) is 41.3 Å². The van der Waals surface area contributed by atoms with Gasteiger partial charge in [0.1, 0.15) is 17.5 Å². The zero-order chi connectivity index (χ0) is 23.5. The summed E-state index contributed by atoms with van der Waals surface area (Å²) in [6, 6.07) is 6.34. The third kappa shape index (κ3) is 7.21. The molecule has 10 heteroatoms. The second-order valence-electron chi connectivity index (χ2n) is 8.84. The Kier molecular flexibility index (Phi) is 6.71. The Balaban J connectivity index is 1.53. The molecule has 0 saturated heterocycles. The van der Waals surface area contributed by atoms with Gasteiger partial charge in [0.05, 0.1) is 24.2 Å². The van der Waals surface area contributed by atoms with Crippen molar-refractivity contribution < 1.29 is 27.8 Å². The van der Waals surface area contributed by atoms with E-state index in [4.69, 9.17) is 9.47 Å². The van der Waals surface area contributed by atoms with Crippen LogP contribution in [0.25, 0.3) is 0 Å². The lowest BCUT2D eigenvalue weighted by molar-refractivity contribution is -0.154. The maximum absolute atomic E-state index is 13.0. The van der Waals surface area contributed by atoms with Gasteiger partial charge >= 0.3 is 5.97 Å². The normalized spacial score (nSPS) is 15.6. The molecule has 0 aromatic carbocycles. The van der Waals surface area contributed by atoms with E-state index in [1.54, 1.807) is 52.0 Å². The Hall–Kier alpha value is -3.17. The molecule has 172 valence electrons. The molecular formula is C22H26F2N4O4. The number of carbonyl (C=O) groups is 2. The summed E-state index contributed by atoms with van der Waals surface area (Å²) in [7, 11) is 0. The van der Waals surface area contributed by atoms with Crippen LogP contribution < -0.4 is 10.1 Å². The molecule has 0 atom stereocenters. The molecule has 1 saturated carbocycles. The highest BCUT2D eigenvalue weighted by atomic mass is 19.3. The lowest BCUT2D eigenvalue weighted by Crippen LogP contribution is -2.43. The summed E-state index contributed by atoms with van der Waals surface area (Å²) >= 11 is 0. The Labute approximate surface area is 184 Å². The molecule has 1 aliphatic rings. The third-order valence-electron chi connectivity index (χ3n) is 4.41. The number of nitrogens with zero attached hydrogens (tertiary/aromatic N) is 3. The molecule has 0 bridgehead atoms. The van der Waals surface area contributed by atoms with Crippen LogP contribution in [-0.4, -0.2) is 44.7 Å². The van der Waals surface area contributed by atoms with E-state index in [-0.39, 0.29) is 37.4 Å². The lowest BCUT2D eigenvalue weighted by atomic mass is 9.91. The van der Waals surface area contributed by atoms with E-state index < -0.39 is 23.6 Å². The molecule has 2 aromatic heterocycles. The fraction of sp³-hybridized carbons (Fsp3) is 0.500. The van der Waals surface area contributed by atoms with Crippen molar-refractivity contribution in [2.75, 3.05) is 5.32 Å². The Morgan fingerprint density at radius 3 is 2.44 bits per heavy atom. The number of alkyl halides is 2. The SMILES string of the molecule is Cc1cc(OC2CC(F)(F)C2)cc(CC(=O)Nc2ccc(CC(=O)OC(C)(C)C)nn2)n1. The highest BCUT2D eigenvalue weighted by Crippen LogP contribution is 2.39. The van der Waals surface area contributed by atoms with Gasteiger partial charge in [-0.3, -0.25) is 14.6 Å². The molecule has 2 aromatic rings. The summed E-state index contributed by atoms with van der Waals surface area (Å²) in [6.07, 6.45) is -1.25. The topological polar surface area (TPSA) is 103 Å². The average Bonchev–Trinajstić information content (AvgIpc) is 2.59. The van der Waals surface area contributed by atoms with Gasteiger partial charge in [0.25, 0.3) is 5.92 Å². The maximum atomic E-state index is 13.0. The number of aromatic nitrogens is 3. The molecule has 0 radical (unpaired) electrons. The van der Waals surface area contributed by atoms with Crippen molar-refractivity contribution in [3.8, 4) is 5.75 Å².